The van der Waals surface area contributed by atoms with E-state index in [1.165, 1.54) is 0 Å². The number of fused-ring (bicyclic) bond motifs is 1. The first-order chi connectivity index (χ1) is 12.0. The Morgan fingerprint density at radius 3 is 3.00 bits per heavy atom. The largest absolute Gasteiger partial charge is 0.494 e. The van der Waals surface area contributed by atoms with E-state index in [1.54, 1.807) is 0 Å². The average molecular weight is 342 g/mol. The Morgan fingerprint density at radius 1 is 1.44 bits per heavy atom. The van der Waals surface area contributed by atoms with Crippen LogP contribution in [0.2, 0.25) is 0 Å². The van der Waals surface area contributed by atoms with Gasteiger partial charge in [-0.05, 0) is 43.4 Å². The second-order valence-electron chi connectivity index (χ2n) is 6.02. The van der Waals surface area contributed by atoms with Gasteiger partial charge in [-0.25, -0.2) is 4.79 Å². The first-order valence-electron chi connectivity index (χ1n) is 8.33. The maximum atomic E-state index is 12.6. The van der Waals surface area contributed by atoms with Crippen molar-refractivity contribution in [3.63, 3.8) is 0 Å². The summed E-state index contributed by atoms with van der Waals surface area (Å²) < 4.78 is 5.70. The number of amides is 3. The predicted octanol–water partition coefficient (Wildman–Crippen LogP) is 1.58. The molecule has 7 heteroatoms. The highest BCUT2D eigenvalue weighted by atomic mass is 16.5. The Morgan fingerprint density at radius 2 is 2.24 bits per heavy atom. The Balaban J connectivity index is 1.84. The number of ether oxygens (including phenoxy) is 1. The summed E-state index contributed by atoms with van der Waals surface area (Å²) in [6.45, 7) is 6.18. The number of carbonyl (C=O) groups is 2. The van der Waals surface area contributed by atoms with Crippen molar-refractivity contribution in [3.8, 4) is 5.75 Å². The summed E-state index contributed by atoms with van der Waals surface area (Å²) in [5, 5.41) is 7.85. The summed E-state index contributed by atoms with van der Waals surface area (Å²) in [7, 11) is 0. The summed E-state index contributed by atoms with van der Waals surface area (Å²) in [4.78, 5) is 24.2. The third kappa shape index (κ3) is 3.31. The van der Waals surface area contributed by atoms with E-state index >= 15 is 0 Å². The molecule has 132 valence electrons. The summed E-state index contributed by atoms with van der Waals surface area (Å²) in [6.07, 6.45) is 2.67. The lowest BCUT2D eigenvalue weighted by molar-refractivity contribution is -0.118. The van der Waals surface area contributed by atoms with E-state index in [-0.39, 0.29) is 23.1 Å². The molecule has 0 bridgehead atoms. The van der Waals surface area contributed by atoms with E-state index in [4.69, 9.17) is 10.5 Å². The molecule has 1 heterocycles. The van der Waals surface area contributed by atoms with Crippen molar-refractivity contribution in [2.24, 2.45) is 5.73 Å². The van der Waals surface area contributed by atoms with Gasteiger partial charge in [-0.2, -0.15) is 0 Å². The van der Waals surface area contributed by atoms with E-state index in [0.717, 1.165) is 36.1 Å². The zero-order valence-electron chi connectivity index (χ0n) is 14.1. The molecule has 1 aliphatic carbocycles. The molecular formula is C18H22N4O3. The van der Waals surface area contributed by atoms with Crippen molar-refractivity contribution in [3.05, 3.63) is 53.0 Å². The van der Waals surface area contributed by atoms with Crippen LogP contribution in [0.4, 0.5) is 4.79 Å². The van der Waals surface area contributed by atoms with Gasteiger partial charge in [0.1, 0.15) is 11.4 Å². The highest BCUT2D eigenvalue weighted by molar-refractivity contribution is 6.00. The minimum absolute atomic E-state index is 0.0295. The molecule has 0 radical (unpaired) electrons. The zero-order chi connectivity index (χ0) is 18.0. The lowest BCUT2D eigenvalue weighted by Crippen LogP contribution is -2.47. The molecule has 1 aromatic rings. The number of hydrogen-bond acceptors (Lipinski definition) is 4. The normalized spacial score (nSPS) is 19.6. The molecule has 0 unspecified atom stereocenters. The molecule has 1 atom stereocenters. The number of rotatable bonds is 4. The van der Waals surface area contributed by atoms with E-state index in [2.05, 4.69) is 22.5 Å². The molecule has 0 saturated heterocycles. The third-order valence-corrected chi connectivity index (χ3v) is 4.39. The van der Waals surface area contributed by atoms with Crippen molar-refractivity contribution in [2.75, 3.05) is 6.61 Å². The van der Waals surface area contributed by atoms with Crippen molar-refractivity contribution in [1.29, 1.82) is 0 Å². The highest BCUT2D eigenvalue weighted by Crippen LogP contribution is 2.35. The fourth-order valence-electron chi connectivity index (χ4n) is 3.23. The van der Waals surface area contributed by atoms with Crippen LogP contribution >= 0.6 is 0 Å². The topological polar surface area (TPSA) is 105 Å². The van der Waals surface area contributed by atoms with Crippen LogP contribution in [0, 0.1) is 0 Å². The van der Waals surface area contributed by atoms with Crippen molar-refractivity contribution < 1.29 is 14.3 Å². The average Bonchev–Trinajstić information content (AvgIpc) is 2.59. The highest BCUT2D eigenvalue weighted by Gasteiger charge is 2.28. The molecule has 1 aromatic carbocycles. The van der Waals surface area contributed by atoms with Crippen molar-refractivity contribution in [2.45, 2.75) is 32.2 Å². The number of nitrogens with one attached hydrogen (secondary N) is 3. The quantitative estimate of drug-likeness (QED) is 0.666. The zero-order valence-corrected chi connectivity index (χ0v) is 14.1. The second kappa shape index (κ2) is 6.88. The first-order valence-corrected chi connectivity index (χ1v) is 8.33. The van der Waals surface area contributed by atoms with Gasteiger partial charge < -0.3 is 26.4 Å². The standard InChI is InChI=1S/C18H22N4O3/c1-3-25-14-9-5-6-11-12(14)7-4-8-13(11)21-17(23)16-15(19)10(2)20-18(24)22-16/h5-6,9,13H,2-4,7-8,19H2,1H3,(H,21,23)(H2,20,22,24)/t13-/m1/s1. The summed E-state index contributed by atoms with van der Waals surface area (Å²) in [6, 6.07) is 5.20. The lowest BCUT2D eigenvalue weighted by Gasteiger charge is -2.29. The minimum atomic E-state index is -0.521. The molecule has 5 N–H and O–H groups in total. The minimum Gasteiger partial charge on any atom is -0.494 e. The van der Waals surface area contributed by atoms with Crippen molar-refractivity contribution in [1.82, 2.24) is 16.0 Å². The number of carbonyl (C=O) groups excluding carboxylic acids is 2. The maximum Gasteiger partial charge on any atom is 0.323 e. The Hall–Kier alpha value is -2.96. The Kier molecular flexibility index (Phi) is 4.65. The van der Waals surface area contributed by atoms with Gasteiger partial charge in [0.15, 0.2) is 0 Å². The van der Waals surface area contributed by atoms with Gasteiger partial charge in [0.25, 0.3) is 5.91 Å². The van der Waals surface area contributed by atoms with Gasteiger partial charge in [0.05, 0.1) is 24.0 Å². The van der Waals surface area contributed by atoms with Crippen LogP contribution in [-0.4, -0.2) is 18.5 Å². The van der Waals surface area contributed by atoms with Crippen LogP contribution in [0.15, 0.2) is 41.9 Å². The molecule has 0 saturated carbocycles. The fourth-order valence-corrected chi connectivity index (χ4v) is 3.23. The number of hydrogen-bond donors (Lipinski definition) is 4. The van der Waals surface area contributed by atoms with Crippen LogP contribution in [-0.2, 0) is 11.2 Å². The van der Waals surface area contributed by atoms with E-state index in [0.29, 0.717) is 6.61 Å². The van der Waals surface area contributed by atoms with Crippen LogP contribution in [0.3, 0.4) is 0 Å². The smallest absolute Gasteiger partial charge is 0.323 e. The Labute approximate surface area is 146 Å². The van der Waals surface area contributed by atoms with Gasteiger partial charge in [-0.3, -0.25) is 4.79 Å². The lowest BCUT2D eigenvalue weighted by atomic mass is 9.87. The molecular weight excluding hydrogens is 320 g/mol. The predicted molar refractivity (Wildman–Crippen MR) is 93.5 cm³/mol. The number of benzene rings is 1. The second-order valence-corrected chi connectivity index (χ2v) is 6.02. The van der Waals surface area contributed by atoms with Gasteiger partial charge >= 0.3 is 6.03 Å². The molecule has 7 nitrogen and oxygen atoms in total. The summed E-state index contributed by atoms with van der Waals surface area (Å²) >= 11 is 0. The van der Waals surface area contributed by atoms with Crippen LogP contribution in [0.1, 0.15) is 36.9 Å². The molecule has 1 aliphatic heterocycles. The van der Waals surface area contributed by atoms with Gasteiger partial charge in [0, 0.05) is 0 Å². The molecule has 0 aromatic heterocycles. The van der Waals surface area contributed by atoms with Gasteiger partial charge in [0.2, 0.25) is 0 Å². The van der Waals surface area contributed by atoms with Gasteiger partial charge in [-0.1, -0.05) is 18.7 Å². The van der Waals surface area contributed by atoms with E-state index in [9.17, 15) is 9.59 Å². The molecule has 2 aliphatic rings. The van der Waals surface area contributed by atoms with Crippen LogP contribution in [0.25, 0.3) is 0 Å². The Bertz CT molecular complexity index is 770. The van der Waals surface area contributed by atoms with Crippen LogP contribution in [0.5, 0.6) is 5.75 Å². The van der Waals surface area contributed by atoms with Crippen LogP contribution < -0.4 is 26.4 Å². The van der Waals surface area contributed by atoms with E-state index in [1.807, 2.05) is 25.1 Å². The molecule has 0 fully saturated rings. The maximum absolute atomic E-state index is 12.6. The SMILES string of the molecule is C=C1NC(=O)NC(C(=O)N[C@@H]2CCCc3c(OCC)cccc32)=C1N. The van der Waals surface area contributed by atoms with Gasteiger partial charge in [-0.15, -0.1) is 0 Å². The number of urea groups is 1. The molecule has 3 rings (SSSR count). The molecule has 0 spiro atoms. The number of nitrogens with two attached hydrogens (primary N) is 1. The molecule has 3 amide bonds. The summed E-state index contributed by atoms with van der Waals surface area (Å²) in [5.74, 6) is 0.439. The van der Waals surface area contributed by atoms with E-state index < -0.39 is 11.9 Å². The third-order valence-electron chi connectivity index (χ3n) is 4.39. The molecule has 25 heavy (non-hydrogen) atoms. The van der Waals surface area contributed by atoms with Crippen molar-refractivity contribution >= 4 is 11.9 Å². The first kappa shape index (κ1) is 16.9. The fraction of sp³-hybridized carbons (Fsp3) is 0.333. The monoisotopic (exact) mass is 342 g/mol. The summed E-state index contributed by atoms with van der Waals surface area (Å²) in [5.41, 5.74) is 8.43.